The summed E-state index contributed by atoms with van der Waals surface area (Å²) in [6, 6.07) is 8.38. The number of nitrogens with one attached hydrogen (secondary N) is 1. The van der Waals surface area contributed by atoms with Gasteiger partial charge in [-0.25, -0.2) is 0 Å². The van der Waals surface area contributed by atoms with Gasteiger partial charge in [0.2, 0.25) is 5.91 Å². The van der Waals surface area contributed by atoms with E-state index in [0.717, 1.165) is 6.54 Å². The van der Waals surface area contributed by atoms with Crippen molar-refractivity contribution in [3.05, 3.63) is 35.4 Å². The number of nitrogens with two attached hydrogens (primary N) is 1. The molecule has 0 bridgehead atoms. The first-order valence-corrected chi connectivity index (χ1v) is 7.97. The Balaban J connectivity index is 0.00000242. The smallest absolute Gasteiger partial charge is 0.224 e. The second kappa shape index (κ2) is 11.7. The zero-order chi connectivity index (χ0) is 15.1. The number of amides is 1. The van der Waals surface area contributed by atoms with Crippen LogP contribution < -0.4 is 11.1 Å². The standard InChI is InChI=1S/C17H27N3O.2ClH/c1-14(11-18)17(21)19-12-15-7-3-4-8-16(15)13-20-9-5-2-6-10-20;;/h3-4,7-8,14H,2,5-6,9-13,18H2,1H3,(H,19,21);2*1H. The van der Waals surface area contributed by atoms with Crippen LogP contribution in [0.5, 0.6) is 0 Å². The van der Waals surface area contributed by atoms with E-state index in [-0.39, 0.29) is 36.6 Å². The third-order valence-corrected chi connectivity index (χ3v) is 4.22. The summed E-state index contributed by atoms with van der Waals surface area (Å²) in [4.78, 5) is 14.4. The van der Waals surface area contributed by atoms with Gasteiger partial charge in [-0.15, -0.1) is 24.8 Å². The van der Waals surface area contributed by atoms with Gasteiger partial charge in [0.15, 0.2) is 0 Å². The highest BCUT2D eigenvalue weighted by Crippen LogP contribution is 2.16. The van der Waals surface area contributed by atoms with E-state index in [1.165, 1.54) is 43.5 Å². The van der Waals surface area contributed by atoms with Crippen molar-refractivity contribution in [2.75, 3.05) is 19.6 Å². The molecule has 6 heteroatoms. The van der Waals surface area contributed by atoms with E-state index in [1.807, 2.05) is 13.0 Å². The van der Waals surface area contributed by atoms with E-state index in [4.69, 9.17) is 5.73 Å². The summed E-state index contributed by atoms with van der Waals surface area (Å²) in [5, 5.41) is 2.99. The summed E-state index contributed by atoms with van der Waals surface area (Å²) in [6.07, 6.45) is 3.95. The third kappa shape index (κ3) is 7.08. The number of benzene rings is 1. The number of halogens is 2. The van der Waals surface area contributed by atoms with Gasteiger partial charge >= 0.3 is 0 Å². The number of carbonyl (C=O) groups excluding carboxylic acids is 1. The van der Waals surface area contributed by atoms with Crippen molar-refractivity contribution >= 4 is 30.7 Å². The average molecular weight is 362 g/mol. The van der Waals surface area contributed by atoms with Gasteiger partial charge in [0, 0.05) is 25.6 Å². The molecule has 0 aliphatic carbocycles. The molecule has 0 spiro atoms. The summed E-state index contributed by atoms with van der Waals surface area (Å²) < 4.78 is 0. The predicted octanol–water partition coefficient (Wildman–Crippen LogP) is 2.73. The van der Waals surface area contributed by atoms with Crippen molar-refractivity contribution in [2.24, 2.45) is 11.7 Å². The molecule has 1 aromatic carbocycles. The molecule has 0 saturated carbocycles. The Bertz CT molecular complexity index is 465. The lowest BCUT2D eigenvalue weighted by atomic mass is 10.0. The highest BCUT2D eigenvalue weighted by atomic mass is 35.5. The van der Waals surface area contributed by atoms with Gasteiger partial charge in [-0.1, -0.05) is 37.6 Å². The molecule has 1 unspecified atom stereocenters. The van der Waals surface area contributed by atoms with Crippen LogP contribution in [0.2, 0.25) is 0 Å². The molecule has 1 aliphatic heterocycles. The van der Waals surface area contributed by atoms with Crippen LogP contribution in [-0.2, 0) is 17.9 Å². The molecule has 1 fully saturated rings. The van der Waals surface area contributed by atoms with Crippen LogP contribution in [0.15, 0.2) is 24.3 Å². The summed E-state index contributed by atoms with van der Waals surface area (Å²) in [5.41, 5.74) is 8.06. The molecule has 2 rings (SSSR count). The third-order valence-electron chi connectivity index (χ3n) is 4.22. The van der Waals surface area contributed by atoms with Gasteiger partial charge < -0.3 is 11.1 Å². The maximum atomic E-state index is 11.8. The largest absolute Gasteiger partial charge is 0.352 e. The molecule has 1 aromatic rings. The first-order chi connectivity index (χ1) is 10.2. The first-order valence-electron chi connectivity index (χ1n) is 7.97. The van der Waals surface area contributed by atoms with Crippen molar-refractivity contribution in [1.82, 2.24) is 10.2 Å². The maximum absolute atomic E-state index is 11.8. The van der Waals surface area contributed by atoms with Crippen LogP contribution >= 0.6 is 24.8 Å². The van der Waals surface area contributed by atoms with E-state index >= 15 is 0 Å². The van der Waals surface area contributed by atoms with Crippen LogP contribution in [0.25, 0.3) is 0 Å². The molecule has 1 atom stereocenters. The monoisotopic (exact) mass is 361 g/mol. The Morgan fingerprint density at radius 3 is 2.39 bits per heavy atom. The SMILES string of the molecule is CC(CN)C(=O)NCc1ccccc1CN1CCCCC1.Cl.Cl. The van der Waals surface area contributed by atoms with Gasteiger partial charge in [0.05, 0.1) is 0 Å². The van der Waals surface area contributed by atoms with Crippen molar-refractivity contribution in [2.45, 2.75) is 39.3 Å². The molecule has 1 amide bonds. The fourth-order valence-electron chi connectivity index (χ4n) is 2.71. The second-order valence-corrected chi connectivity index (χ2v) is 5.96. The zero-order valence-corrected chi connectivity index (χ0v) is 15.4. The van der Waals surface area contributed by atoms with Crippen LogP contribution in [0, 0.1) is 5.92 Å². The first kappa shape index (κ1) is 22.2. The van der Waals surface area contributed by atoms with E-state index in [1.54, 1.807) is 0 Å². The van der Waals surface area contributed by atoms with Gasteiger partial charge in [-0.2, -0.15) is 0 Å². The minimum Gasteiger partial charge on any atom is -0.352 e. The Morgan fingerprint density at radius 1 is 1.17 bits per heavy atom. The number of carbonyl (C=O) groups is 1. The van der Waals surface area contributed by atoms with Crippen molar-refractivity contribution < 1.29 is 4.79 Å². The van der Waals surface area contributed by atoms with E-state index in [2.05, 4.69) is 28.4 Å². The molecule has 23 heavy (non-hydrogen) atoms. The van der Waals surface area contributed by atoms with Crippen LogP contribution in [-0.4, -0.2) is 30.4 Å². The summed E-state index contributed by atoms with van der Waals surface area (Å²) >= 11 is 0. The van der Waals surface area contributed by atoms with Crippen LogP contribution in [0.1, 0.15) is 37.3 Å². The topological polar surface area (TPSA) is 58.4 Å². The molecular weight excluding hydrogens is 333 g/mol. The Labute approximate surface area is 152 Å². The number of piperidine rings is 1. The number of hydrogen-bond acceptors (Lipinski definition) is 3. The van der Waals surface area contributed by atoms with Gasteiger partial charge in [-0.05, 0) is 37.1 Å². The summed E-state index contributed by atoms with van der Waals surface area (Å²) in [7, 11) is 0. The number of rotatable bonds is 6. The maximum Gasteiger partial charge on any atom is 0.224 e. The van der Waals surface area contributed by atoms with E-state index in [9.17, 15) is 4.79 Å². The van der Waals surface area contributed by atoms with Gasteiger partial charge in [0.25, 0.3) is 0 Å². The lowest BCUT2D eigenvalue weighted by Crippen LogP contribution is -2.33. The van der Waals surface area contributed by atoms with Gasteiger partial charge in [0.1, 0.15) is 0 Å². The molecule has 0 radical (unpaired) electrons. The van der Waals surface area contributed by atoms with E-state index < -0.39 is 0 Å². The number of hydrogen-bond donors (Lipinski definition) is 2. The molecule has 3 N–H and O–H groups in total. The lowest BCUT2D eigenvalue weighted by molar-refractivity contribution is -0.124. The van der Waals surface area contributed by atoms with Crippen LogP contribution in [0.4, 0.5) is 0 Å². The fourth-order valence-corrected chi connectivity index (χ4v) is 2.71. The molecule has 132 valence electrons. The van der Waals surface area contributed by atoms with Crippen molar-refractivity contribution in [3.63, 3.8) is 0 Å². The normalized spacial score (nSPS) is 15.9. The van der Waals surface area contributed by atoms with Crippen LogP contribution in [0.3, 0.4) is 0 Å². The quantitative estimate of drug-likeness (QED) is 0.818. The molecule has 4 nitrogen and oxygen atoms in total. The Morgan fingerprint density at radius 2 is 1.78 bits per heavy atom. The van der Waals surface area contributed by atoms with Gasteiger partial charge in [-0.3, -0.25) is 9.69 Å². The number of nitrogens with zero attached hydrogens (tertiary/aromatic N) is 1. The van der Waals surface area contributed by atoms with E-state index in [0.29, 0.717) is 13.1 Å². The predicted molar refractivity (Wildman–Crippen MR) is 100 cm³/mol. The molecule has 0 aromatic heterocycles. The summed E-state index contributed by atoms with van der Waals surface area (Å²) in [5.74, 6) is -0.0930. The number of likely N-dealkylation sites (tertiary alicyclic amines) is 1. The Hall–Kier alpha value is -0.810. The second-order valence-electron chi connectivity index (χ2n) is 5.96. The average Bonchev–Trinajstić information content (AvgIpc) is 2.54. The molecular formula is C17H29Cl2N3O. The fraction of sp³-hybridized carbons (Fsp3) is 0.588. The molecule has 1 saturated heterocycles. The van der Waals surface area contributed by atoms with Crippen molar-refractivity contribution in [3.8, 4) is 0 Å². The minimum absolute atomic E-state index is 0. The lowest BCUT2D eigenvalue weighted by Gasteiger charge is -2.27. The minimum atomic E-state index is -0.126. The highest BCUT2D eigenvalue weighted by Gasteiger charge is 2.14. The molecule has 1 aliphatic rings. The zero-order valence-electron chi connectivity index (χ0n) is 13.8. The highest BCUT2D eigenvalue weighted by molar-refractivity contribution is 5.85. The molecule has 1 heterocycles. The Kier molecular flexibility index (Phi) is 11.3. The summed E-state index contributed by atoms with van der Waals surface area (Å²) in [6.45, 7) is 6.19. The van der Waals surface area contributed by atoms with Crippen molar-refractivity contribution in [1.29, 1.82) is 0 Å².